The minimum Gasteiger partial charge on any atom is -0.350 e. The molecule has 3 aromatic rings. The van der Waals surface area contributed by atoms with E-state index in [-0.39, 0.29) is 11.9 Å². The molecule has 1 amide bonds. The Kier molecular flexibility index (Phi) is 4.60. The van der Waals surface area contributed by atoms with Gasteiger partial charge in [-0.05, 0) is 38.3 Å². The number of aromatic nitrogens is 3. The van der Waals surface area contributed by atoms with Crippen molar-refractivity contribution >= 4 is 11.6 Å². The highest BCUT2D eigenvalue weighted by Gasteiger charge is 2.13. The quantitative estimate of drug-likeness (QED) is 0.785. The molecule has 1 N–H and O–H groups in total. The predicted molar refractivity (Wildman–Crippen MR) is 93.8 cm³/mol. The first-order chi connectivity index (χ1) is 11.6. The van der Waals surface area contributed by atoms with Gasteiger partial charge in [-0.2, -0.15) is 5.10 Å². The largest absolute Gasteiger partial charge is 0.350 e. The lowest BCUT2D eigenvalue weighted by Crippen LogP contribution is -2.27. The van der Waals surface area contributed by atoms with Crippen LogP contribution in [0.4, 0.5) is 0 Å². The van der Waals surface area contributed by atoms with Crippen LogP contribution in [0.1, 0.15) is 41.9 Å². The van der Waals surface area contributed by atoms with Crippen LogP contribution in [0.5, 0.6) is 0 Å². The third kappa shape index (κ3) is 3.30. The van der Waals surface area contributed by atoms with Crippen molar-refractivity contribution in [3.8, 4) is 0 Å². The number of hydrogen-bond acceptors (Lipinski definition) is 3. The van der Waals surface area contributed by atoms with Gasteiger partial charge >= 0.3 is 0 Å². The third-order valence-corrected chi connectivity index (χ3v) is 4.38. The Morgan fingerprint density at radius 2 is 1.96 bits per heavy atom. The van der Waals surface area contributed by atoms with Gasteiger partial charge in [0.15, 0.2) is 5.65 Å². The van der Waals surface area contributed by atoms with E-state index in [1.165, 1.54) is 0 Å². The van der Waals surface area contributed by atoms with Gasteiger partial charge in [-0.25, -0.2) is 9.50 Å². The monoisotopic (exact) mass is 322 g/mol. The van der Waals surface area contributed by atoms with Crippen molar-refractivity contribution in [3.63, 3.8) is 0 Å². The van der Waals surface area contributed by atoms with Crippen molar-refractivity contribution < 1.29 is 4.79 Å². The first kappa shape index (κ1) is 16.2. The molecule has 0 aliphatic rings. The summed E-state index contributed by atoms with van der Waals surface area (Å²) in [6.07, 6.45) is 2.84. The molecule has 0 aliphatic heterocycles. The van der Waals surface area contributed by atoms with Crippen molar-refractivity contribution in [1.29, 1.82) is 0 Å². The second kappa shape index (κ2) is 6.83. The first-order valence-corrected chi connectivity index (χ1v) is 8.20. The average Bonchev–Trinajstić information content (AvgIpc) is 3.04. The zero-order valence-corrected chi connectivity index (χ0v) is 14.3. The van der Waals surface area contributed by atoms with Gasteiger partial charge in [0.05, 0.1) is 12.2 Å². The molecule has 5 heteroatoms. The van der Waals surface area contributed by atoms with E-state index in [2.05, 4.69) is 15.4 Å². The van der Waals surface area contributed by atoms with Crippen LogP contribution < -0.4 is 5.32 Å². The van der Waals surface area contributed by atoms with Crippen molar-refractivity contribution in [2.24, 2.45) is 0 Å². The Bertz CT molecular complexity index is 854. The van der Waals surface area contributed by atoms with Crippen LogP contribution in [0, 0.1) is 13.8 Å². The van der Waals surface area contributed by atoms with E-state index in [4.69, 9.17) is 0 Å². The number of carbonyl (C=O) groups excluding carboxylic acids is 1. The summed E-state index contributed by atoms with van der Waals surface area (Å²) in [7, 11) is 0. The minimum absolute atomic E-state index is 0.00705. The van der Waals surface area contributed by atoms with Crippen molar-refractivity contribution in [2.75, 3.05) is 0 Å². The summed E-state index contributed by atoms with van der Waals surface area (Å²) < 4.78 is 1.83. The molecule has 5 nitrogen and oxygen atoms in total. The summed E-state index contributed by atoms with van der Waals surface area (Å²) >= 11 is 0. The van der Waals surface area contributed by atoms with E-state index in [0.29, 0.717) is 12.8 Å². The molecule has 1 aromatic carbocycles. The molecule has 0 bridgehead atoms. The molecule has 0 radical (unpaired) electrons. The van der Waals surface area contributed by atoms with Crippen LogP contribution in [-0.2, 0) is 11.2 Å². The van der Waals surface area contributed by atoms with Gasteiger partial charge in [-0.3, -0.25) is 4.79 Å². The molecule has 1 atom stereocenters. The Balaban J connectivity index is 1.66. The maximum Gasteiger partial charge on any atom is 0.220 e. The van der Waals surface area contributed by atoms with Crippen molar-refractivity contribution in [2.45, 2.75) is 39.7 Å². The number of rotatable bonds is 5. The summed E-state index contributed by atoms with van der Waals surface area (Å²) in [6, 6.07) is 11.9. The normalized spacial score (nSPS) is 12.3. The van der Waals surface area contributed by atoms with E-state index in [1.54, 1.807) is 6.20 Å². The van der Waals surface area contributed by atoms with E-state index in [9.17, 15) is 4.79 Å². The van der Waals surface area contributed by atoms with Crippen LogP contribution >= 0.6 is 0 Å². The summed E-state index contributed by atoms with van der Waals surface area (Å²) in [6.45, 7) is 6.01. The lowest BCUT2D eigenvalue weighted by Gasteiger charge is -2.15. The number of fused-ring (bicyclic) bond motifs is 1. The maximum atomic E-state index is 12.3. The number of nitrogens with zero attached hydrogens (tertiary/aromatic N) is 3. The van der Waals surface area contributed by atoms with E-state index < -0.39 is 0 Å². The predicted octanol–water partition coefficient (Wildman–Crippen LogP) is 3.16. The Hall–Kier alpha value is -2.69. The smallest absolute Gasteiger partial charge is 0.220 e. The fourth-order valence-corrected chi connectivity index (χ4v) is 3.01. The summed E-state index contributed by atoms with van der Waals surface area (Å²) in [5.74, 6) is 0.0470. The molecule has 0 fully saturated rings. The topological polar surface area (TPSA) is 59.3 Å². The molecule has 0 aliphatic carbocycles. The lowest BCUT2D eigenvalue weighted by molar-refractivity contribution is -0.121. The highest BCUT2D eigenvalue weighted by atomic mass is 16.1. The van der Waals surface area contributed by atoms with Crippen molar-refractivity contribution in [1.82, 2.24) is 19.9 Å². The molecule has 3 rings (SSSR count). The van der Waals surface area contributed by atoms with Crippen LogP contribution in [0.15, 0.2) is 42.6 Å². The van der Waals surface area contributed by atoms with Crippen molar-refractivity contribution in [3.05, 3.63) is 65.1 Å². The highest BCUT2D eigenvalue weighted by Crippen LogP contribution is 2.16. The van der Waals surface area contributed by atoms with Gasteiger partial charge in [-0.1, -0.05) is 30.3 Å². The lowest BCUT2D eigenvalue weighted by atomic mass is 10.1. The second-order valence-corrected chi connectivity index (χ2v) is 6.06. The third-order valence-electron chi connectivity index (χ3n) is 4.38. The SMILES string of the molecule is Cc1nc2ccnn2c(C)c1CCC(=O)NC(C)c1ccccc1. The molecule has 24 heavy (non-hydrogen) atoms. The molecule has 1 unspecified atom stereocenters. The Labute approximate surface area is 141 Å². The number of aryl methyl sites for hydroxylation is 2. The summed E-state index contributed by atoms with van der Waals surface area (Å²) in [5, 5.41) is 7.34. The van der Waals surface area contributed by atoms with Crippen LogP contribution in [-0.4, -0.2) is 20.5 Å². The second-order valence-electron chi connectivity index (χ2n) is 6.06. The minimum atomic E-state index is 0.00705. The number of benzene rings is 1. The molecule has 0 saturated carbocycles. The summed E-state index contributed by atoms with van der Waals surface area (Å²) in [4.78, 5) is 16.8. The maximum absolute atomic E-state index is 12.3. The zero-order chi connectivity index (χ0) is 17.1. The Morgan fingerprint density at radius 3 is 2.71 bits per heavy atom. The molecular weight excluding hydrogens is 300 g/mol. The van der Waals surface area contributed by atoms with E-state index >= 15 is 0 Å². The molecule has 124 valence electrons. The molecule has 2 heterocycles. The number of nitrogens with one attached hydrogen (secondary N) is 1. The van der Waals surface area contributed by atoms with Gasteiger partial charge in [0.1, 0.15) is 0 Å². The molecule has 2 aromatic heterocycles. The fourth-order valence-electron chi connectivity index (χ4n) is 3.01. The van der Waals surface area contributed by atoms with Gasteiger partial charge < -0.3 is 5.32 Å². The number of amides is 1. The van der Waals surface area contributed by atoms with Crippen LogP contribution in [0.3, 0.4) is 0 Å². The van der Waals surface area contributed by atoms with Gasteiger partial charge in [-0.15, -0.1) is 0 Å². The summed E-state index contributed by atoms with van der Waals surface area (Å²) in [5.41, 5.74) is 5.05. The fraction of sp³-hybridized carbons (Fsp3) is 0.316. The molecule has 0 spiro atoms. The Morgan fingerprint density at radius 1 is 1.21 bits per heavy atom. The number of hydrogen-bond donors (Lipinski definition) is 1. The van der Waals surface area contributed by atoms with Crippen LogP contribution in [0.25, 0.3) is 5.65 Å². The van der Waals surface area contributed by atoms with Gasteiger partial charge in [0.25, 0.3) is 0 Å². The average molecular weight is 322 g/mol. The van der Waals surface area contributed by atoms with E-state index in [0.717, 1.165) is 28.2 Å². The van der Waals surface area contributed by atoms with Gasteiger partial charge in [0.2, 0.25) is 5.91 Å². The first-order valence-electron chi connectivity index (χ1n) is 8.20. The molecule has 0 saturated heterocycles. The number of carbonyl (C=O) groups is 1. The standard InChI is InChI=1S/C19H22N4O/c1-13(16-7-5-4-6-8-16)22-19(24)10-9-17-14(2)21-18-11-12-20-23(18)15(17)3/h4-8,11-13H,9-10H2,1-3H3,(H,22,24). The zero-order valence-electron chi connectivity index (χ0n) is 14.3. The molecular formula is C19H22N4O. The van der Waals surface area contributed by atoms with E-state index in [1.807, 2.05) is 61.7 Å². The highest BCUT2D eigenvalue weighted by molar-refractivity contribution is 5.76. The van der Waals surface area contributed by atoms with Crippen LogP contribution in [0.2, 0.25) is 0 Å². The van der Waals surface area contributed by atoms with Gasteiger partial charge in [0, 0.05) is 23.9 Å².